The Bertz CT molecular complexity index is 264. The zero-order valence-corrected chi connectivity index (χ0v) is 10.8. The van der Waals surface area contributed by atoms with Gasteiger partial charge in [0, 0.05) is 12.4 Å². The highest BCUT2D eigenvalue weighted by Crippen LogP contribution is 2.21. The van der Waals surface area contributed by atoms with Crippen LogP contribution in [0.15, 0.2) is 24.5 Å². The molecule has 0 radical (unpaired) electrons. The molecule has 15 heavy (non-hydrogen) atoms. The van der Waals surface area contributed by atoms with Crippen molar-refractivity contribution in [1.29, 1.82) is 0 Å². The summed E-state index contributed by atoms with van der Waals surface area (Å²) < 4.78 is 0. The average molecular weight is 223 g/mol. The first-order valence-corrected chi connectivity index (χ1v) is 6.70. The normalized spacial score (nSPS) is 11.7. The molecule has 2 heteroatoms. The van der Waals surface area contributed by atoms with Crippen LogP contribution in [-0.2, 0) is 6.42 Å². The number of pyridine rings is 1. The molecule has 1 rings (SSSR count). The molecule has 1 aromatic rings. The molecule has 0 amide bonds. The zero-order chi connectivity index (χ0) is 11.1. The van der Waals surface area contributed by atoms with E-state index in [1.165, 1.54) is 23.5 Å². The van der Waals surface area contributed by atoms with Crippen LogP contribution in [0, 0.1) is 5.41 Å². The van der Waals surface area contributed by atoms with Gasteiger partial charge in [0.1, 0.15) is 0 Å². The lowest BCUT2D eigenvalue weighted by Gasteiger charge is -2.17. The highest BCUT2D eigenvalue weighted by Gasteiger charge is 2.08. The van der Waals surface area contributed by atoms with Crippen molar-refractivity contribution >= 4 is 11.8 Å². The Kier molecular flexibility index (Phi) is 5.16. The predicted octanol–water partition coefficient (Wildman–Crippen LogP) is 3.79. The van der Waals surface area contributed by atoms with Crippen molar-refractivity contribution in [2.75, 3.05) is 11.5 Å². The molecule has 84 valence electrons. The van der Waals surface area contributed by atoms with Gasteiger partial charge in [0.15, 0.2) is 0 Å². The molecule has 0 saturated heterocycles. The van der Waals surface area contributed by atoms with Gasteiger partial charge in [-0.2, -0.15) is 11.8 Å². The summed E-state index contributed by atoms with van der Waals surface area (Å²) >= 11 is 2.05. The van der Waals surface area contributed by atoms with Crippen molar-refractivity contribution in [2.24, 2.45) is 5.41 Å². The summed E-state index contributed by atoms with van der Waals surface area (Å²) in [6, 6.07) is 4.20. The lowest BCUT2D eigenvalue weighted by atomic mass is 9.94. The minimum absolute atomic E-state index is 0.476. The largest absolute Gasteiger partial charge is 0.265 e. The standard InChI is InChI=1S/C13H21NS/c1-13(2,3)7-11-15-10-6-12-4-8-14-9-5-12/h4-5,8-9H,6-7,10-11H2,1-3H3. The summed E-state index contributed by atoms with van der Waals surface area (Å²) in [5.41, 5.74) is 1.87. The van der Waals surface area contributed by atoms with Gasteiger partial charge in [0.25, 0.3) is 0 Å². The molecule has 0 N–H and O–H groups in total. The third-order valence-corrected chi connectivity index (χ3v) is 3.27. The molecule has 1 nitrogen and oxygen atoms in total. The van der Waals surface area contributed by atoms with E-state index < -0.39 is 0 Å². The maximum absolute atomic E-state index is 4.02. The lowest BCUT2D eigenvalue weighted by molar-refractivity contribution is 0.401. The van der Waals surface area contributed by atoms with Crippen molar-refractivity contribution < 1.29 is 0 Å². The molecule has 1 heterocycles. The highest BCUT2D eigenvalue weighted by molar-refractivity contribution is 7.99. The van der Waals surface area contributed by atoms with E-state index in [4.69, 9.17) is 0 Å². The third kappa shape index (κ3) is 6.56. The zero-order valence-electron chi connectivity index (χ0n) is 9.99. The van der Waals surface area contributed by atoms with E-state index in [1.54, 1.807) is 0 Å². The summed E-state index contributed by atoms with van der Waals surface area (Å²) in [4.78, 5) is 4.02. The van der Waals surface area contributed by atoms with Crippen LogP contribution in [0.4, 0.5) is 0 Å². The number of aryl methyl sites for hydroxylation is 1. The van der Waals surface area contributed by atoms with E-state index in [9.17, 15) is 0 Å². The van der Waals surface area contributed by atoms with Crippen LogP contribution in [-0.4, -0.2) is 16.5 Å². The first-order chi connectivity index (χ1) is 7.08. The van der Waals surface area contributed by atoms with Crippen molar-refractivity contribution in [1.82, 2.24) is 4.98 Å². The molecule has 0 atom stereocenters. The van der Waals surface area contributed by atoms with Gasteiger partial charge < -0.3 is 0 Å². The number of aromatic nitrogens is 1. The van der Waals surface area contributed by atoms with E-state index in [0.29, 0.717) is 5.41 Å². The Morgan fingerprint density at radius 3 is 2.40 bits per heavy atom. The van der Waals surface area contributed by atoms with Crippen molar-refractivity contribution in [2.45, 2.75) is 33.6 Å². The molecule has 0 saturated carbocycles. The SMILES string of the molecule is CC(C)(C)CCSCCc1ccncc1. The van der Waals surface area contributed by atoms with Gasteiger partial charge in [0.2, 0.25) is 0 Å². The Hall–Kier alpha value is -0.500. The molecule has 0 unspecified atom stereocenters. The van der Waals surface area contributed by atoms with Crippen LogP contribution in [0.25, 0.3) is 0 Å². The molecule has 0 spiro atoms. The lowest BCUT2D eigenvalue weighted by Crippen LogP contribution is -2.06. The van der Waals surface area contributed by atoms with Crippen molar-refractivity contribution in [3.8, 4) is 0 Å². The van der Waals surface area contributed by atoms with Gasteiger partial charge in [-0.3, -0.25) is 4.98 Å². The number of rotatable bonds is 5. The van der Waals surface area contributed by atoms with E-state index >= 15 is 0 Å². The molecule has 0 fully saturated rings. The average Bonchev–Trinajstić information content (AvgIpc) is 2.17. The number of hydrogen-bond acceptors (Lipinski definition) is 2. The van der Waals surface area contributed by atoms with Crippen LogP contribution in [0.2, 0.25) is 0 Å². The first kappa shape index (κ1) is 12.6. The van der Waals surface area contributed by atoms with Crippen molar-refractivity contribution in [3.05, 3.63) is 30.1 Å². The minimum Gasteiger partial charge on any atom is -0.265 e. The predicted molar refractivity (Wildman–Crippen MR) is 69.3 cm³/mol. The van der Waals surface area contributed by atoms with Gasteiger partial charge >= 0.3 is 0 Å². The summed E-state index contributed by atoms with van der Waals surface area (Å²) in [6.45, 7) is 6.91. The quantitative estimate of drug-likeness (QED) is 0.704. The van der Waals surface area contributed by atoms with Gasteiger partial charge in [-0.1, -0.05) is 20.8 Å². The van der Waals surface area contributed by atoms with Crippen LogP contribution in [0.1, 0.15) is 32.8 Å². The second kappa shape index (κ2) is 6.16. The van der Waals surface area contributed by atoms with Gasteiger partial charge in [0.05, 0.1) is 0 Å². The Balaban J connectivity index is 2.08. The molecular formula is C13H21NS. The molecule has 0 aromatic carbocycles. The van der Waals surface area contributed by atoms with E-state index in [2.05, 4.69) is 49.6 Å². The van der Waals surface area contributed by atoms with Gasteiger partial charge in [-0.15, -0.1) is 0 Å². The number of thioether (sulfide) groups is 1. The third-order valence-electron chi connectivity index (χ3n) is 2.28. The number of hydrogen-bond donors (Lipinski definition) is 0. The summed E-state index contributed by atoms with van der Waals surface area (Å²) in [5.74, 6) is 2.49. The second-order valence-electron chi connectivity index (χ2n) is 5.03. The summed E-state index contributed by atoms with van der Waals surface area (Å²) in [6.07, 6.45) is 6.20. The van der Waals surface area contributed by atoms with Gasteiger partial charge in [-0.25, -0.2) is 0 Å². The maximum Gasteiger partial charge on any atom is 0.0270 e. The monoisotopic (exact) mass is 223 g/mol. The van der Waals surface area contributed by atoms with Crippen LogP contribution in [0.5, 0.6) is 0 Å². The molecule has 0 aliphatic heterocycles. The minimum atomic E-state index is 0.476. The molecule has 1 aromatic heterocycles. The Labute approximate surface area is 97.7 Å². The molecule has 0 aliphatic carbocycles. The fourth-order valence-electron chi connectivity index (χ4n) is 1.22. The van der Waals surface area contributed by atoms with Crippen LogP contribution < -0.4 is 0 Å². The summed E-state index contributed by atoms with van der Waals surface area (Å²) in [7, 11) is 0. The fourth-order valence-corrected chi connectivity index (χ4v) is 2.56. The Morgan fingerprint density at radius 2 is 1.80 bits per heavy atom. The van der Waals surface area contributed by atoms with E-state index in [-0.39, 0.29) is 0 Å². The van der Waals surface area contributed by atoms with E-state index in [0.717, 1.165) is 6.42 Å². The number of nitrogens with zero attached hydrogens (tertiary/aromatic N) is 1. The molecule has 0 bridgehead atoms. The summed E-state index contributed by atoms with van der Waals surface area (Å²) in [5, 5.41) is 0. The fraction of sp³-hybridized carbons (Fsp3) is 0.615. The van der Waals surface area contributed by atoms with Gasteiger partial charge in [-0.05, 0) is 47.5 Å². The molecular weight excluding hydrogens is 202 g/mol. The molecule has 0 aliphatic rings. The first-order valence-electron chi connectivity index (χ1n) is 5.54. The highest BCUT2D eigenvalue weighted by atomic mass is 32.2. The maximum atomic E-state index is 4.02. The second-order valence-corrected chi connectivity index (χ2v) is 6.25. The van der Waals surface area contributed by atoms with Crippen LogP contribution >= 0.6 is 11.8 Å². The van der Waals surface area contributed by atoms with E-state index in [1.807, 2.05) is 12.4 Å². The Morgan fingerprint density at radius 1 is 1.13 bits per heavy atom. The smallest absolute Gasteiger partial charge is 0.0270 e. The van der Waals surface area contributed by atoms with Crippen LogP contribution in [0.3, 0.4) is 0 Å². The van der Waals surface area contributed by atoms with Crippen molar-refractivity contribution in [3.63, 3.8) is 0 Å². The topological polar surface area (TPSA) is 12.9 Å².